The molecule has 3 aromatic heterocycles. The predicted molar refractivity (Wildman–Crippen MR) is 110 cm³/mol. The first-order valence-electron chi connectivity index (χ1n) is 8.91. The highest BCUT2D eigenvalue weighted by atomic mass is 32.2. The van der Waals surface area contributed by atoms with Gasteiger partial charge in [0.05, 0.1) is 18.7 Å². The third-order valence-corrected chi connectivity index (χ3v) is 6.57. The summed E-state index contributed by atoms with van der Waals surface area (Å²) in [5.41, 5.74) is 1.79. The van der Waals surface area contributed by atoms with Gasteiger partial charge in [-0.15, -0.1) is 20.4 Å². The van der Waals surface area contributed by atoms with Crippen molar-refractivity contribution < 1.29 is 9.15 Å². The minimum absolute atomic E-state index is 0.236. The maximum Gasteiger partial charge on any atom is 0.276 e. The molecular formula is C19H16N6O2S2. The van der Waals surface area contributed by atoms with E-state index in [2.05, 4.69) is 29.9 Å². The number of aromatic nitrogens is 6. The van der Waals surface area contributed by atoms with Gasteiger partial charge < -0.3 is 9.15 Å². The van der Waals surface area contributed by atoms with Crippen molar-refractivity contribution in [2.75, 3.05) is 18.6 Å². The maximum atomic E-state index is 5.86. The van der Waals surface area contributed by atoms with E-state index in [1.54, 1.807) is 31.3 Å². The molecule has 0 amide bonds. The summed E-state index contributed by atoms with van der Waals surface area (Å²) in [5, 5.41) is 18.5. The number of ether oxygens (including phenoxy) is 1. The van der Waals surface area contributed by atoms with Crippen molar-refractivity contribution in [1.29, 1.82) is 0 Å². The Balaban J connectivity index is 1.33. The molecule has 5 rings (SSSR count). The topological polar surface area (TPSA) is 91.8 Å². The van der Waals surface area contributed by atoms with E-state index in [1.165, 1.54) is 11.8 Å². The Labute approximate surface area is 175 Å². The van der Waals surface area contributed by atoms with E-state index < -0.39 is 0 Å². The molecule has 0 N–H and O–H groups in total. The summed E-state index contributed by atoms with van der Waals surface area (Å²) < 4.78 is 13.4. The minimum atomic E-state index is 0.236. The number of benzene rings is 1. The molecule has 10 heteroatoms. The Morgan fingerprint density at radius 3 is 2.86 bits per heavy atom. The third-order valence-electron chi connectivity index (χ3n) is 4.52. The Morgan fingerprint density at radius 1 is 1.14 bits per heavy atom. The lowest BCUT2D eigenvalue weighted by atomic mass is 10.2. The number of thioether (sulfide) groups is 2. The van der Waals surface area contributed by atoms with Gasteiger partial charge in [-0.3, -0.25) is 9.55 Å². The largest absolute Gasteiger partial charge is 0.496 e. The molecule has 146 valence electrons. The molecule has 0 fully saturated rings. The van der Waals surface area contributed by atoms with Crippen molar-refractivity contribution in [3.63, 3.8) is 0 Å². The van der Waals surface area contributed by atoms with E-state index in [-0.39, 0.29) is 6.04 Å². The van der Waals surface area contributed by atoms with E-state index >= 15 is 0 Å². The summed E-state index contributed by atoms with van der Waals surface area (Å²) in [6.07, 6.45) is 3.53. The smallest absolute Gasteiger partial charge is 0.276 e. The summed E-state index contributed by atoms with van der Waals surface area (Å²) in [7, 11) is 1.62. The molecule has 8 nitrogen and oxygen atoms in total. The summed E-state index contributed by atoms with van der Waals surface area (Å²) in [6, 6.07) is 11.7. The highest BCUT2D eigenvalue weighted by Crippen LogP contribution is 2.39. The number of methoxy groups -OCH3 is 1. The number of hydrogen-bond donors (Lipinski definition) is 0. The highest BCUT2D eigenvalue weighted by molar-refractivity contribution is 8.00. The Morgan fingerprint density at radius 2 is 2.00 bits per heavy atom. The average Bonchev–Trinajstić information content (AvgIpc) is 3.50. The number of nitrogens with zero attached hydrogens (tertiary/aromatic N) is 6. The second kappa shape index (κ2) is 7.88. The normalized spacial score (nSPS) is 15.4. The molecule has 0 radical (unpaired) electrons. The fourth-order valence-electron chi connectivity index (χ4n) is 3.14. The van der Waals surface area contributed by atoms with Crippen molar-refractivity contribution in [2.24, 2.45) is 0 Å². The molecule has 0 saturated heterocycles. The third kappa shape index (κ3) is 3.49. The van der Waals surface area contributed by atoms with Gasteiger partial charge in [0.2, 0.25) is 0 Å². The SMILES string of the molecule is COc1ccccc1-c1nnc(SCC2CSc3nnc(-c4ccncc4)n32)o1. The van der Waals surface area contributed by atoms with E-state index in [0.717, 1.165) is 33.6 Å². The monoisotopic (exact) mass is 424 g/mol. The number of para-hydroxylation sites is 1. The molecule has 29 heavy (non-hydrogen) atoms. The summed E-state index contributed by atoms with van der Waals surface area (Å²) in [4.78, 5) is 4.08. The van der Waals surface area contributed by atoms with Gasteiger partial charge in [-0.25, -0.2) is 0 Å². The van der Waals surface area contributed by atoms with Crippen molar-refractivity contribution in [2.45, 2.75) is 16.4 Å². The minimum Gasteiger partial charge on any atom is -0.496 e. The second-order valence-corrected chi connectivity index (χ2v) is 8.22. The van der Waals surface area contributed by atoms with Crippen molar-refractivity contribution >= 4 is 23.5 Å². The Kier molecular flexibility index (Phi) is 4.94. The number of rotatable bonds is 6. The van der Waals surface area contributed by atoms with E-state index in [9.17, 15) is 0 Å². The van der Waals surface area contributed by atoms with Gasteiger partial charge in [0.25, 0.3) is 11.1 Å². The van der Waals surface area contributed by atoms with Crippen LogP contribution in [0.25, 0.3) is 22.8 Å². The number of fused-ring (bicyclic) bond motifs is 1. The standard InChI is InChI=1S/C19H16N6O2S2/c1-26-15-5-3-2-4-14(15)17-22-24-19(27-17)29-11-13-10-28-18-23-21-16(25(13)18)12-6-8-20-9-7-12/h2-9,13H,10-11H2,1H3. The molecule has 1 aliphatic rings. The molecule has 0 bridgehead atoms. The molecule has 4 aromatic rings. The zero-order chi connectivity index (χ0) is 19.6. The summed E-state index contributed by atoms with van der Waals surface area (Å²) >= 11 is 3.25. The van der Waals surface area contributed by atoms with Gasteiger partial charge in [-0.05, 0) is 24.3 Å². The molecule has 0 spiro atoms. The first-order chi connectivity index (χ1) is 14.3. The van der Waals surface area contributed by atoms with Gasteiger partial charge in [0, 0.05) is 29.5 Å². The lowest BCUT2D eigenvalue weighted by Crippen LogP contribution is -2.11. The molecule has 1 unspecified atom stereocenters. The zero-order valence-electron chi connectivity index (χ0n) is 15.4. The highest BCUT2D eigenvalue weighted by Gasteiger charge is 2.29. The second-order valence-electron chi connectivity index (χ2n) is 6.26. The lowest BCUT2D eigenvalue weighted by molar-refractivity contribution is 0.411. The predicted octanol–water partition coefficient (Wildman–Crippen LogP) is 3.84. The van der Waals surface area contributed by atoms with Crippen LogP contribution in [-0.4, -0.2) is 48.6 Å². The fourth-order valence-corrected chi connectivity index (χ4v) is 5.21. The van der Waals surface area contributed by atoms with Crippen LogP contribution in [0.3, 0.4) is 0 Å². The quantitative estimate of drug-likeness (QED) is 0.428. The molecule has 0 aliphatic carbocycles. The Hall–Kier alpha value is -2.85. The summed E-state index contributed by atoms with van der Waals surface area (Å²) in [6.45, 7) is 0. The van der Waals surface area contributed by atoms with Gasteiger partial charge in [0.15, 0.2) is 11.0 Å². The van der Waals surface area contributed by atoms with Gasteiger partial charge in [0.1, 0.15) is 5.75 Å². The molecule has 1 atom stereocenters. The van der Waals surface area contributed by atoms with E-state index in [0.29, 0.717) is 16.9 Å². The van der Waals surface area contributed by atoms with Crippen LogP contribution in [0.1, 0.15) is 6.04 Å². The van der Waals surface area contributed by atoms with Gasteiger partial charge in [-0.1, -0.05) is 35.7 Å². The van der Waals surface area contributed by atoms with Crippen LogP contribution >= 0.6 is 23.5 Å². The van der Waals surface area contributed by atoms with Gasteiger partial charge in [-0.2, -0.15) is 0 Å². The van der Waals surface area contributed by atoms with Crippen LogP contribution in [0.2, 0.25) is 0 Å². The van der Waals surface area contributed by atoms with Crippen molar-refractivity contribution in [3.8, 4) is 28.6 Å². The van der Waals surface area contributed by atoms with Crippen molar-refractivity contribution in [3.05, 3.63) is 48.8 Å². The molecule has 4 heterocycles. The van der Waals surface area contributed by atoms with Crippen LogP contribution in [0.4, 0.5) is 0 Å². The van der Waals surface area contributed by atoms with Gasteiger partial charge >= 0.3 is 0 Å². The zero-order valence-corrected chi connectivity index (χ0v) is 17.1. The van der Waals surface area contributed by atoms with Crippen LogP contribution in [0, 0.1) is 0 Å². The molecular weight excluding hydrogens is 408 g/mol. The van der Waals surface area contributed by atoms with E-state index in [1.807, 2.05) is 36.4 Å². The van der Waals surface area contributed by atoms with Crippen LogP contribution in [-0.2, 0) is 0 Å². The summed E-state index contributed by atoms with van der Waals surface area (Å²) in [5.74, 6) is 3.73. The first kappa shape index (κ1) is 18.2. The van der Waals surface area contributed by atoms with Crippen LogP contribution in [0.5, 0.6) is 5.75 Å². The first-order valence-corrected chi connectivity index (χ1v) is 10.9. The van der Waals surface area contributed by atoms with Crippen LogP contribution < -0.4 is 4.74 Å². The van der Waals surface area contributed by atoms with Crippen molar-refractivity contribution in [1.82, 2.24) is 29.9 Å². The maximum absolute atomic E-state index is 5.86. The Bertz CT molecular complexity index is 1130. The molecule has 1 aliphatic heterocycles. The molecule has 1 aromatic carbocycles. The lowest BCUT2D eigenvalue weighted by Gasteiger charge is -2.12. The number of pyridine rings is 1. The number of hydrogen-bond acceptors (Lipinski definition) is 9. The van der Waals surface area contributed by atoms with E-state index in [4.69, 9.17) is 9.15 Å². The fraction of sp³-hybridized carbons (Fsp3) is 0.211. The van der Waals surface area contributed by atoms with Crippen LogP contribution in [0.15, 0.2) is 63.6 Å². The average molecular weight is 425 g/mol. The molecule has 0 saturated carbocycles.